The normalized spacial score (nSPS) is 20.7. The minimum absolute atomic E-state index is 0.0195. The van der Waals surface area contributed by atoms with E-state index in [1.807, 2.05) is 0 Å². The summed E-state index contributed by atoms with van der Waals surface area (Å²) in [5.74, 6) is -2.53. The molecule has 1 aliphatic heterocycles. The first-order valence-corrected chi connectivity index (χ1v) is 9.17. The third-order valence-electron chi connectivity index (χ3n) is 4.80. The Morgan fingerprint density at radius 3 is 2.25 bits per heavy atom. The van der Waals surface area contributed by atoms with Crippen LogP contribution in [0.4, 0.5) is 13.2 Å². The maximum Gasteiger partial charge on any atom is 0.390 e. The zero-order valence-corrected chi connectivity index (χ0v) is 16.5. The largest absolute Gasteiger partial charge is 0.480 e. The van der Waals surface area contributed by atoms with Crippen molar-refractivity contribution in [2.24, 2.45) is 5.92 Å². The van der Waals surface area contributed by atoms with Crippen molar-refractivity contribution in [1.82, 2.24) is 20.4 Å². The van der Waals surface area contributed by atoms with Gasteiger partial charge in [0, 0.05) is 26.2 Å². The predicted molar refractivity (Wildman–Crippen MR) is 95.5 cm³/mol. The van der Waals surface area contributed by atoms with E-state index in [9.17, 15) is 32.7 Å². The van der Waals surface area contributed by atoms with Gasteiger partial charge in [0.15, 0.2) is 0 Å². The minimum Gasteiger partial charge on any atom is -0.480 e. The lowest BCUT2D eigenvalue weighted by Gasteiger charge is -2.41. The monoisotopic (exact) mass is 410 g/mol. The van der Waals surface area contributed by atoms with E-state index in [1.165, 1.54) is 4.90 Å². The Morgan fingerprint density at radius 2 is 1.79 bits per heavy atom. The van der Waals surface area contributed by atoms with Crippen LogP contribution in [0.2, 0.25) is 0 Å². The van der Waals surface area contributed by atoms with Gasteiger partial charge in [0.1, 0.15) is 12.1 Å². The number of nitrogens with zero attached hydrogens (tertiary/aromatic N) is 2. The lowest BCUT2D eigenvalue weighted by atomic mass is 10.00. The predicted octanol–water partition coefficient (Wildman–Crippen LogP) is 0.285. The lowest BCUT2D eigenvalue weighted by molar-refractivity contribution is -0.157. The van der Waals surface area contributed by atoms with Crippen LogP contribution in [0.1, 0.15) is 27.2 Å². The zero-order chi connectivity index (χ0) is 21.6. The first-order valence-electron chi connectivity index (χ1n) is 9.17. The number of carbonyl (C=O) groups excluding carboxylic acids is 2. The summed E-state index contributed by atoms with van der Waals surface area (Å²) in [6.07, 6.45) is -5.37. The maximum atomic E-state index is 13.0. The summed E-state index contributed by atoms with van der Waals surface area (Å²) in [6.45, 7) is 4.68. The van der Waals surface area contributed by atoms with E-state index >= 15 is 0 Å². The summed E-state index contributed by atoms with van der Waals surface area (Å²) >= 11 is 0. The summed E-state index contributed by atoms with van der Waals surface area (Å²) in [4.78, 5) is 39.3. The molecule has 1 saturated heterocycles. The summed E-state index contributed by atoms with van der Waals surface area (Å²) in [5, 5.41) is 14.9. The summed E-state index contributed by atoms with van der Waals surface area (Å²) in [7, 11) is 1.59. The van der Waals surface area contributed by atoms with Gasteiger partial charge in [-0.05, 0) is 19.9 Å². The van der Waals surface area contributed by atoms with Crippen LogP contribution in [-0.2, 0) is 14.4 Å². The maximum absolute atomic E-state index is 13.0. The van der Waals surface area contributed by atoms with E-state index in [2.05, 4.69) is 10.6 Å². The molecule has 11 heteroatoms. The molecule has 1 heterocycles. The number of carboxylic acid groups (broad SMARTS) is 1. The van der Waals surface area contributed by atoms with Crippen LogP contribution in [0.15, 0.2) is 0 Å². The number of hydrogen-bond acceptors (Lipinski definition) is 5. The third kappa shape index (κ3) is 6.93. The van der Waals surface area contributed by atoms with Crippen LogP contribution in [0.5, 0.6) is 0 Å². The van der Waals surface area contributed by atoms with Gasteiger partial charge in [0.05, 0.1) is 12.5 Å². The molecule has 162 valence electrons. The number of halogens is 3. The van der Waals surface area contributed by atoms with Gasteiger partial charge in [0.25, 0.3) is 0 Å². The van der Waals surface area contributed by atoms with Crippen molar-refractivity contribution in [3.05, 3.63) is 0 Å². The quantitative estimate of drug-likeness (QED) is 0.532. The van der Waals surface area contributed by atoms with Gasteiger partial charge in [-0.2, -0.15) is 13.2 Å². The molecule has 28 heavy (non-hydrogen) atoms. The molecule has 3 atom stereocenters. The fraction of sp³-hybridized carbons (Fsp3) is 0.824. The average Bonchev–Trinajstić information content (AvgIpc) is 2.61. The molecule has 8 nitrogen and oxygen atoms in total. The second-order valence-electron chi connectivity index (χ2n) is 7.29. The van der Waals surface area contributed by atoms with Crippen molar-refractivity contribution in [2.75, 3.05) is 33.2 Å². The molecular formula is C17H29F3N4O4. The van der Waals surface area contributed by atoms with Gasteiger partial charge >= 0.3 is 12.1 Å². The molecule has 2 amide bonds. The highest BCUT2D eigenvalue weighted by atomic mass is 19.4. The standard InChI is InChI=1S/C17H29F3N4O4/c1-10(2)13(22-14(25)11(3)21-4)15(26)24-8-7-23(6-5-17(18,19)20)9-12(24)16(27)28/h10-13,21H,5-9H2,1-4H3,(H,22,25)(H,27,28)/t11-,12-,13-/m0/s1. The average molecular weight is 410 g/mol. The Morgan fingerprint density at radius 1 is 1.18 bits per heavy atom. The Balaban J connectivity index is 2.88. The Labute approximate surface area is 162 Å². The highest BCUT2D eigenvalue weighted by Crippen LogP contribution is 2.21. The number of carboxylic acids is 1. The molecule has 1 fully saturated rings. The fourth-order valence-electron chi connectivity index (χ4n) is 2.90. The van der Waals surface area contributed by atoms with E-state index in [1.54, 1.807) is 27.8 Å². The van der Waals surface area contributed by atoms with Crippen LogP contribution < -0.4 is 10.6 Å². The van der Waals surface area contributed by atoms with Gasteiger partial charge < -0.3 is 20.6 Å². The van der Waals surface area contributed by atoms with Gasteiger partial charge in [0.2, 0.25) is 11.8 Å². The summed E-state index contributed by atoms with van der Waals surface area (Å²) < 4.78 is 37.3. The van der Waals surface area contributed by atoms with Crippen molar-refractivity contribution in [3.63, 3.8) is 0 Å². The van der Waals surface area contributed by atoms with E-state index in [4.69, 9.17) is 0 Å². The van der Waals surface area contributed by atoms with E-state index in [0.717, 1.165) is 4.90 Å². The van der Waals surface area contributed by atoms with Gasteiger partial charge in [-0.15, -0.1) is 0 Å². The number of hydrogen-bond donors (Lipinski definition) is 3. The number of piperazine rings is 1. The van der Waals surface area contributed by atoms with Crippen LogP contribution in [0.3, 0.4) is 0 Å². The molecule has 0 aromatic rings. The SMILES string of the molecule is CN[C@@H](C)C(=O)N[C@H](C(=O)N1CCN(CCC(F)(F)F)C[C@H]1C(=O)O)C(C)C. The van der Waals surface area contributed by atoms with Crippen molar-refractivity contribution in [1.29, 1.82) is 0 Å². The second kappa shape index (κ2) is 10.1. The molecule has 0 aromatic heterocycles. The molecule has 1 rings (SSSR count). The molecule has 0 saturated carbocycles. The van der Waals surface area contributed by atoms with Gasteiger partial charge in [-0.1, -0.05) is 13.8 Å². The first-order chi connectivity index (χ1) is 12.9. The van der Waals surface area contributed by atoms with Crippen LogP contribution in [-0.4, -0.2) is 90.2 Å². The summed E-state index contributed by atoms with van der Waals surface area (Å²) in [6, 6.07) is -2.73. The van der Waals surface area contributed by atoms with Crippen LogP contribution in [0.25, 0.3) is 0 Å². The number of alkyl halides is 3. The number of aliphatic carboxylic acids is 1. The van der Waals surface area contributed by atoms with Crippen molar-refractivity contribution >= 4 is 17.8 Å². The van der Waals surface area contributed by atoms with Crippen LogP contribution >= 0.6 is 0 Å². The summed E-state index contributed by atoms with van der Waals surface area (Å²) in [5.41, 5.74) is 0. The highest BCUT2D eigenvalue weighted by Gasteiger charge is 2.40. The Kier molecular flexibility index (Phi) is 8.68. The van der Waals surface area contributed by atoms with E-state index in [-0.39, 0.29) is 32.1 Å². The molecule has 0 spiro atoms. The van der Waals surface area contributed by atoms with Crippen molar-refractivity contribution < 1.29 is 32.7 Å². The molecule has 1 aliphatic rings. The Bertz CT molecular complexity index is 571. The number of rotatable bonds is 8. The highest BCUT2D eigenvalue weighted by molar-refractivity contribution is 5.92. The van der Waals surface area contributed by atoms with Crippen molar-refractivity contribution in [2.45, 2.75) is 51.5 Å². The smallest absolute Gasteiger partial charge is 0.390 e. The van der Waals surface area contributed by atoms with E-state index < -0.39 is 48.5 Å². The molecule has 0 radical (unpaired) electrons. The second-order valence-corrected chi connectivity index (χ2v) is 7.29. The number of nitrogens with one attached hydrogen (secondary N) is 2. The molecular weight excluding hydrogens is 381 g/mol. The number of likely N-dealkylation sites (N-methyl/N-ethyl adjacent to an activating group) is 1. The molecule has 0 aliphatic carbocycles. The van der Waals surface area contributed by atoms with Gasteiger partial charge in [-0.25, -0.2) is 4.79 Å². The minimum atomic E-state index is -4.33. The number of amides is 2. The number of carbonyl (C=O) groups is 3. The molecule has 0 unspecified atom stereocenters. The topological polar surface area (TPSA) is 102 Å². The van der Waals surface area contributed by atoms with E-state index in [0.29, 0.717) is 0 Å². The Hall–Kier alpha value is -1.88. The van der Waals surface area contributed by atoms with Crippen LogP contribution in [0, 0.1) is 5.92 Å². The molecule has 0 bridgehead atoms. The fourth-order valence-corrected chi connectivity index (χ4v) is 2.90. The van der Waals surface area contributed by atoms with Crippen molar-refractivity contribution in [3.8, 4) is 0 Å². The molecule has 3 N–H and O–H groups in total. The van der Waals surface area contributed by atoms with Gasteiger partial charge in [-0.3, -0.25) is 14.5 Å². The lowest BCUT2D eigenvalue weighted by Crippen LogP contribution is -2.63. The first kappa shape index (κ1) is 24.2. The molecule has 0 aromatic carbocycles. The third-order valence-corrected chi connectivity index (χ3v) is 4.80. The zero-order valence-electron chi connectivity index (χ0n) is 16.5.